The van der Waals surface area contributed by atoms with E-state index in [0.29, 0.717) is 0 Å². The highest BCUT2D eigenvalue weighted by molar-refractivity contribution is 5.90. The highest BCUT2D eigenvalue weighted by atomic mass is 16.6. The number of hydrogen-bond donors (Lipinski definition) is 1. The highest BCUT2D eigenvalue weighted by Gasteiger charge is 2.46. The van der Waals surface area contributed by atoms with Gasteiger partial charge < -0.3 is 14.8 Å². The van der Waals surface area contributed by atoms with E-state index in [-0.39, 0.29) is 37.7 Å². The first-order chi connectivity index (χ1) is 8.68. The lowest BCUT2D eigenvalue weighted by atomic mass is 9.82. The molecule has 0 aliphatic carbocycles. The molecule has 0 saturated carbocycles. The van der Waals surface area contributed by atoms with Gasteiger partial charge in [0.1, 0.15) is 5.60 Å². The molecule has 19 heavy (non-hydrogen) atoms. The van der Waals surface area contributed by atoms with Crippen LogP contribution in [0.15, 0.2) is 0 Å². The monoisotopic (exact) mass is 271 g/mol. The Bertz CT molecular complexity index is 385. The third-order valence-electron chi connectivity index (χ3n) is 2.97. The molecule has 1 rings (SSSR count). The van der Waals surface area contributed by atoms with Gasteiger partial charge in [0.05, 0.1) is 12.5 Å². The molecule has 1 fully saturated rings. The average molecular weight is 271 g/mol. The van der Waals surface area contributed by atoms with E-state index in [9.17, 15) is 14.4 Å². The Hall–Kier alpha value is -1.59. The first-order valence-corrected chi connectivity index (χ1v) is 6.25. The second kappa shape index (κ2) is 5.59. The van der Waals surface area contributed by atoms with E-state index < -0.39 is 17.0 Å². The van der Waals surface area contributed by atoms with Gasteiger partial charge in [0.15, 0.2) is 0 Å². The minimum atomic E-state index is -0.942. The van der Waals surface area contributed by atoms with Crippen LogP contribution in [0.25, 0.3) is 0 Å². The number of esters is 2. The molecule has 1 N–H and O–H groups in total. The number of ether oxygens (including phenoxy) is 2. The van der Waals surface area contributed by atoms with Gasteiger partial charge in [-0.3, -0.25) is 14.4 Å². The summed E-state index contributed by atoms with van der Waals surface area (Å²) in [5, 5.41) is 2.61. The number of carbonyl (C=O) groups is 3. The molecule has 0 aromatic carbocycles. The Balaban J connectivity index is 2.63. The highest BCUT2D eigenvalue weighted by Crippen LogP contribution is 2.33. The first-order valence-electron chi connectivity index (χ1n) is 6.25. The average Bonchev–Trinajstić information content (AvgIpc) is 2.66. The summed E-state index contributed by atoms with van der Waals surface area (Å²) < 4.78 is 9.92. The van der Waals surface area contributed by atoms with Crippen molar-refractivity contribution in [2.45, 2.75) is 45.6 Å². The topological polar surface area (TPSA) is 81.7 Å². The van der Waals surface area contributed by atoms with Crippen LogP contribution in [0.3, 0.4) is 0 Å². The number of hydrogen-bond acceptors (Lipinski definition) is 5. The Morgan fingerprint density at radius 3 is 2.42 bits per heavy atom. The fourth-order valence-electron chi connectivity index (χ4n) is 2.07. The quantitative estimate of drug-likeness (QED) is 0.764. The number of amides is 1. The van der Waals surface area contributed by atoms with Crippen molar-refractivity contribution >= 4 is 17.8 Å². The van der Waals surface area contributed by atoms with Crippen LogP contribution < -0.4 is 5.32 Å². The second-order valence-corrected chi connectivity index (χ2v) is 5.81. The van der Waals surface area contributed by atoms with Crippen LogP contribution in [0.4, 0.5) is 0 Å². The largest absolute Gasteiger partial charge is 0.469 e. The molecular weight excluding hydrogens is 250 g/mol. The summed E-state index contributed by atoms with van der Waals surface area (Å²) in [7, 11) is 1.28. The molecule has 0 aromatic heterocycles. The molecule has 1 saturated heterocycles. The fourth-order valence-corrected chi connectivity index (χ4v) is 2.07. The molecule has 0 spiro atoms. The number of methoxy groups -OCH3 is 1. The van der Waals surface area contributed by atoms with Crippen LogP contribution in [-0.2, 0) is 23.9 Å². The molecular formula is C13H21NO5. The summed E-state index contributed by atoms with van der Waals surface area (Å²) in [5.41, 5.74) is -1.50. The van der Waals surface area contributed by atoms with Gasteiger partial charge in [-0.15, -0.1) is 0 Å². The molecule has 0 radical (unpaired) electrons. The van der Waals surface area contributed by atoms with E-state index in [0.717, 1.165) is 0 Å². The van der Waals surface area contributed by atoms with E-state index in [4.69, 9.17) is 9.47 Å². The predicted octanol–water partition coefficient (Wildman–Crippen LogP) is 0.788. The summed E-state index contributed by atoms with van der Waals surface area (Å²) in [5.74, 6) is -1.04. The fraction of sp³-hybridized carbons (Fsp3) is 0.769. The SMILES string of the molecule is COC(=O)C1(CCC(=O)OC(C)(C)C)CNC(=O)C1. The minimum Gasteiger partial charge on any atom is -0.469 e. The molecule has 0 aromatic rings. The Morgan fingerprint density at radius 1 is 1.37 bits per heavy atom. The van der Waals surface area contributed by atoms with Crippen molar-refractivity contribution in [2.75, 3.05) is 13.7 Å². The third kappa shape index (κ3) is 4.22. The van der Waals surface area contributed by atoms with Gasteiger partial charge >= 0.3 is 11.9 Å². The van der Waals surface area contributed by atoms with Gasteiger partial charge in [-0.1, -0.05) is 0 Å². The van der Waals surface area contributed by atoms with Crippen molar-refractivity contribution in [1.82, 2.24) is 5.32 Å². The molecule has 1 amide bonds. The maximum absolute atomic E-state index is 11.8. The van der Waals surface area contributed by atoms with Crippen LogP contribution in [0.2, 0.25) is 0 Å². The van der Waals surface area contributed by atoms with Crippen LogP contribution >= 0.6 is 0 Å². The second-order valence-electron chi connectivity index (χ2n) is 5.81. The Labute approximate surface area is 112 Å². The standard InChI is InChI=1S/C13H21NO5/c1-12(2,3)19-10(16)5-6-13(11(17)18-4)7-9(15)14-8-13/h5-8H2,1-4H3,(H,14,15). The molecule has 1 unspecified atom stereocenters. The molecule has 108 valence electrons. The maximum Gasteiger partial charge on any atom is 0.314 e. The van der Waals surface area contributed by atoms with Gasteiger partial charge in [0.25, 0.3) is 0 Å². The number of rotatable bonds is 4. The Kier molecular flexibility index (Phi) is 4.55. The molecule has 1 aliphatic rings. The van der Waals surface area contributed by atoms with Crippen LogP contribution in [0.1, 0.15) is 40.0 Å². The van der Waals surface area contributed by atoms with Crippen molar-refractivity contribution in [2.24, 2.45) is 5.41 Å². The van der Waals surface area contributed by atoms with E-state index in [1.54, 1.807) is 20.8 Å². The lowest BCUT2D eigenvalue weighted by molar-refractivity contribution is -0.158. The van der Waals surface area contributed by atoms with Crippen molar-refractivity contribution in [3.8, 4) is 0 Å². The molecule has 1 heterocycles. The zero-order chi connectivity index (χ0) is 14.7. The van der Waals surface area contributed by atoms with Gasteiger partial charge in [0, 0.05) is 19.4 Å². The van der Waals surface area contributed by atoms with Gasteiger partial charge in [-0.05, 0) is 27.2 Å². The van der Waals surface area contributed by atoms with Crippen LogP contribution in [0, 0.1) is 5.41 Å². The van der Waals surface area contributed by atoms with Gasteiger partial charge in [-0.25, -0.2) is 0 Å². The van der Waals surface area contributed by atoms with Crippen LogP contribution in [-0.4, -0.2) is 37.1 Å². The van der Waals surface area contributed by atoms with E-state index in [2.05, 4.69) is 5.32 Å². The molecule has 6 nitrogen and oxygen atoms in total. The summed E-state index contributed by atoms with van der Waals surface area (Å²) in [4.78, 5) is 34.8. The van der Waals surface area contributed by atoms with Gasteiger partial charge in [0.2, 0.25) is 5.91 Å². The first kappa shape index (κ1) is 15.5. The Morgan fingerprint density at radius 2 is 2.00 bits per heavy atom. The zero-order valence-corrected chi connectivity index (χ0v) is 11.9. The van der Waals surface area contributed by atoms with Crippen molar-refractivity contribution in [3.63, 3.8) is 0 Å². The molecule has 1 atom stereocenters. The van der Waals surface area contributed by atoms with Crippen molar-refractivity contribution < 1.29 is 23.9 Å². The molecule has 0 bridgehead atoms. The zero-order valence-electron chi connectivity index (χ0n) is 11.9. The minimum absolute atomic E-state index is 0.0580. The predicted molar refractivity (Wildman–Crippen MR) is 67.2 cm³/mol. The molecule has 6 heteroatoms. The van der Waals surface area contributed by atoms with Crippen molar-refractivity contribution in [1.29, 1.82) is 0 Å². The van der Waals surface area contributed by atoms with E-state index >= 15 is 0 Å². The number of carbonyl (C=O) groups excluding carboxylic acids is 3. The van der Waals surface area contributed by atoms with Crippen LogP contribution in [0.5, 0.6) is 0 Å². The summed E-state index contributed by atoms with van der Waals surface area (Å²) >= 11 is 0. The van der Waals surface area contributed by atoms with Gasteiger partial charge in [-0.2, -0.15) is 0 Å². The third-order valence-corrected chi connectivity index (χ3v) is 2.97. The summed E-state index contributed by atoms with van der Waals surface area (Å²) in [6, 6.07) is 0. The van der Waals surface area contributed by atoms with E-state index in [1.807, 2.05) is 0 Å². The summed E-state index contributed by atoms with van der Waals surface area (Å²) in [6.45, 7) is 5.55. The normalized spacial score (nSPS) is 22.8. The van der Waals surface area contributed by atoms with E-state index in [1.165, 1.54) is 7.11 Å². The number of nitrogens with one attached hydrogen (secondary N) is 1. The lowest BCUT2D eigenvalue weighted by Crippen LogP contribution is -2.35. The molecule has 1 aliphatic heterocycles. The maximum atomic E-state index is 11.8. The van der Waals surface area contributed by atoms with Crippen molar-refractivity contribution in [3.05, 3.63) is 0 Å². The smallest absolute Gasteiger partial charge is 0.314 e. The lowest BCUT2D eigenvalue weighted by Gasteiger charge is -2.25. The summed E-state index contributed by atoms with van der Waals surface area (Å²) in [6.07, 6.45) is 0.386.